The molecule has 0 spiro atoms. The molecule has 6 heteroatoms. The molecule has 0 aliphatic heterocycles. The first-order chi connectivity index (χ1) is 9.17. The average molecular weight is 346 g/mol. The Hall–Kier alpha value is -1.43. The first-order valence-electron chi connectivity index (χ1n) is 6.14. The van der Waals surface area contributed by atoms with E-state index < -0.39 is 23.3 Å². The van der Waals surface area contributed by atoms with Gasteiger partial charge in [-0.15, -0.1) is 0 Å². The molecule has 0 heterocycles. The van der Waals surface area contributed by atoms with E-state index in [1.807, 2.05) is 0 Å². The molecular weight excluding hydrogens is 329 g/mol. The van der Waals surface area contributed by atoms with Crippen molar-refractivity contribution >= 4 is 33.5 Å². The Morgan fingerprint density at radius 1 is 1.30 bits per heavy atom. The van der Waals surface area contributed by atoms with Crippen molar-refractivity contribution in [1.82, 2.24) is 0 Å². The minimum atomic E-state index is -0.579. The van der Waals surface area contributed by atoms with Crippen LogP contribution in [0.1, 0.15) is 33.6 Å². The molecule has 110 valence electrons. The number of esters is 1. The predicted octanol–water partition coefficient (Wildman–Crippen LogP) is 3.65. The minimum absolute atomic E-state index is 0.0429. The van der Waals surface area contributed by atoms with E-state index in [9.17, 15) is 14.0 Å². The highest BCUT2D eigenvalue weighted by molar-refractivity contribution is 9.10. The van der Waals surface area contributed by atoms with Gasteiger partial charge in [0.15, 0.2) is 0 Å². The summed E-state index contributed by atoms with van der Waals surface area (Å²) in [5.41, 5.74) is -0.502. The number of nitrogens with one attached hydrogen (secondary N) is 1. The summed E-state index contributed by atoms with van der Waals surface area (Å²) in [6.45, 7) is 5.26. The summed E-state index contributed by atoms with van der Waals surface area (Å²) in [4.78, 5) is 23.1. The van der Waals surface area contributed by atoms with E-state index in [0.29, 0.717) is 4.47 Å². The van der Waals surface area contributed by atoms with Crippen LogP contribution < -0.4 is 5.32 Å². The molecule has 0 unspecified atom stereocenters. The van der Waals surface area contributed by atoms with Crippen LogP contribution in [-0.4, -0.2) is 17.5 Å². The van der Waals surface area contributed by atoms with Gasteiger partial charge in [-0.25, -0.2) is 4.39 Å². The smallest absolute Gasteiger partial charge is 0.306 e. The number of carbonyl (C=O) groups is 2. The Bertz CT molecular complexity index is 512. The summed E-state index contributed by atoms with van der Waals surface area (Å²) in [5.74, 6) is -1.42. The minimum Gasteiger partial charge on any atom is -0.460 e. The molecule has 0 fully saturated rings. The lowest BCUT2D eigenvalue weighted by Crippen LogP contribution is -2.24. The van der Waals surface area contributed by atoms with Gasteiger partial charge < -0.3 is 10.1 Å². The van der Waals surface area contributed by atoms with Gasteiger partial charge in [-0.1, -0.05) is 15.9 Å². The molecule has 1 aromatic rings. The van der Waals surface area contributed by atoms with Gasteiger partial charge in [0.1, 0.15) is 11.4 Å². The van der Waals surface area contributed by atoms with Crippen molar-refractivity contribution in [3.05, 3.63) is 28.5 Å². The summed E-state index contributed by atoms with van der Waals surface area (Å²) in [5, 5.41) is 2.42. The lowest BCUT2D eigenvalue weighted by Gasteiger charge is -2.19. The molecule has 1 rings (SSSR count). The average Bonchev–Trinajstić information content (AvgIpc) is 2.29. The van der Waals surface area contributed by atoms with Gasteiger partial charge in [0.2, 0.25) is 5.91 Å². The summed E-state index contributed by atoms with van der Waals surface area (Å²) < 4.78 is 19.2. The van der Waals surface area contributed by atoms with Crippen molar-refractivity contribution in [3.63, 3.8) is 0 Å². The molecule has 4 nitrogen and oxygen atoms in total. The van der Waals surface area contributed by atoms with E-state index in [-0.39, 0.29) is 18.5 Å². The zero-order chi connectivity index (χ0) is 15.3. The maximum absolute atomic E-state index is 13.4. The van der Waals surface area contributed by atoms with Gasteiger partial charge in [0.25, 0.3) is 0 Å². The number of hydrogen-bond acceptors (Lipinski definition) is 3. The molecular formula is C14H17BrFNO3. The van der Waals surface area contributed by atoms with Crippen molar-refractivity contribution in [2.45, 2.75) is 39.2 Å². The Labute approximate surface area is 125 Å². The topological polar surface area (TPSA) is 55.4 Å². The largest absolute Gasteiger partial charge is 0.460 e. The van der Waals surface area contributed by atoms with Gasteiger partial charge in [0.05, 0.1) is 12.1 Å². The van der Waals surface area contributed by atoms with Crippen LogP contribution >= 0.6 is 15.9 Å². The molecule has 20 heavy (non-hydrogen) atoms. The molecule has 0 saturated heterocycles. The fourth-order valence-electron chi connectivity index (χ4n) is 1.41. The van der Waals surface area contributed by atoms with Crippen molar-refractivity contribution in [2.75, 3.05) is 5.32 Å². The number of halogens is 2. The Balaban J connectivity index is 2.48. The van der Waals surface area contributed by atoms with Crippen LogP contribution in [0.4, 0.5) is 10.1 Å². The number of anilines is 1. The Morgan fingerprint density at radius 2 is 1.95 bits per heavy atom. The number of rotatable bonds is 4. The van der Waals surface area contributed by atoms with Gasteiger partial charge in [0, 0.05) is 10.9 Å². The highest BCUT2D eigenvalue weighted by Crippen LogP contribution is 2.20. The molecule has 1 amide bonds. The van der Waals surface area contributed by atoms with E-state index >= 15 is 0 Å². The standard InChI is InChI=1S/C14H17BrFNO3/c1-14(2,3)20-13(19)7-6-12(18)17-11-8-9(15)4-5-10(11)16/h4-5,8H,6-7H2,1-3H3,(H,17,18). The van der Waals surface area contributed by atoms with Gasteiger partial charge in [-0.2, -0.15) is 0 Å². The second-order valence-corrected chi connectivity index (χ2v) is 6.17. The summed E-state index contributed by atoms with van der Waals surface area (Å²) in [6, 6.07) is 4.24. The normalized spacial score (nSPS) is 11.1. The van der Waals surface area contributed by atoms with E-state index in [4.69, 9.17) is 4.74 Å². The first kappa shape index (κ1) is 16.6. The summed E-state index contributed by atoms with van der Waals surface area (Å²) in [7, 11) is 0. The lowest BCUT2D eigenvalue weighted by atomic mass is 10.2. The van der Waals surface area contributed by atoms with Gasteiger partial charge in [-0.3, -0.25) is 9.59 Å². The Kier molecular flexibility index (Phi) is 5.68. The molecule has 0 aromatic heterocycles. The molecule has 0 saturated carbocycles. The van der Waals surface area contributed by atoms with Crippen molar-refractivity contribution < 1.29 is 18.7 Å². The van der Waals surface area contributed by atoms with Crippen LogP contribution in [-0.2, 0) is 14.3 Å². The Morgan fingerprint density at radius 3 is 2.55 bits per heavy atom. The second-order valence-electron chi connectivity index (χ2n) is 5.26. The highest BCUT2D eigenvalue weighted by atomic mass is 79.9. The van der Waals surface area contributed by atoms with Gasteiger partial charge >= 0.3 is 5.97 Å². The molecule has 0 aliphatic carbocycles. The molecule has 1 N–H and O–H groups in total. The van der Waals surface area contributed by atoms with Crippen LogP contribution in [0, 0.1) is 5.82 Å². The number of benzene rings is 1. The molecule has 0 atom stereocenters. The fourth-order valence-corrected chi connectivity index (χ4v) is 1.78. The number of amides is 1. The predicted molar refractivity (Wildman–Crippen MR) is 77.8 cm³/mol. The summed E-state index contributed by atoms with van der Waals surface area (Å²) >= 11 is 3.19. The zero-order valence-electron chi connectivity index (χ0n) is 11.6. The fraction of sp³-hybridized carbons (Fsp3) is 0.429. The van der Waals surface area contributed by atoms with E-state index in [1.54, 1.807) is 20.8 Å². The molecule has 0 bridgehead atoms. The summed E-state index contributed by atoms with van der Waals surface area (Å²) in [6.07, 6.45) is -0.0976. The lowest BCUT2D eigenvalue weighted by molar-refractivity contribution is -0.155. The zero-order valence-corrected chi connectivity index (χ0v) is 13.2. The van der Waals surface area contributed by atoms with Crippen LogP contribution in [0.25, 0.3) is 0 Å². The second kappa shape index (κ2) is 6.83. The van der Waals surface area contributed by atoms with E-state index in [0.717, 1.165) is 0 Å². The first-order valence-corrected chi connectivity index (χ1v) is 6.93. The third-order valence-electron chi connectivity index (χ3n) is 2.18. The SMILES string of the molecule is CC(C)(C)OC(=O)CCC(=O)Nc1cc(Br)ccc1F. The third-order valence-corrected chi connectivity index (χ3v) is 2.67. The maximum atomic E-state index is 13.4. The maximum Gasteiger partial charge on any atom is 0.306 e. The highest BCUT2D eigenvalue weighted by Gasteiger charge is 2.17. The van der Waals surface area contributed by atoms with Crippen LogP contribution in [0.15, 0.2) is 22.7 Å². The molecule has 0 aliphatic rings. The van der Waals surface area contributed by atoms with E-state index in [2.05, 4.69) is 21.2 Å². The van der Waals surface area contributed by atoms with Crippen LogP contribution in [0.5, 0.6) is 0 Å². The quantitative estimate of drug-likeness (QED) is 0.847. The van der Waals surface area contributed by atoms with Crippen molar-refractivity contribution in [3.8, 4) is 0 Å². The number of ether oxygens (including phenoxy) is 1. The van der Waals surface area contributed by atoms with Crippen LogP contribution in [0.3, 0.4) is 0 Å². The number of carbonyl (C=O) groups excluding carboxylic acids is 2. The third kappa shape index (κ3) is 6.14. The van der Waals surface area contributed by atoms with Crippen molar-refractivity contribution in [2.24, 2.45) is 0 Å². The number of hydrogen-bond donors (Lipinski definition) is 1. The monoisotopic (exact) mass is 345 g/mol. The molecule has 0 radical (unpaired) electrons. The van der Waals surface area contributed by atoms with Crippen molar-refractivity contribution in [1.29, 1.82) is 0 Å². The van der Waals surface area contributed by atoms with Crippen LogP contribution in [0.2, 0.25) is 0 Å². The van der Waals surface area contributed by atoms with E-state index in [1.165, 1.54) is 18.2 Å². The van der Waals surface area contributed by atoms with Gasteiger partial charge in [-0.05, 0) is 39.0 Å². The molecule has 1 aromatic carbocycles.